The molecule has 1 heterocycles. The summed E-state index contributed by atoms with van der Waals surface area (Å²) in [4.78, 5) is 4.05. The van der Waals surface area contributed by atoms with Crippen molar-refractivity contribution in [2.75, 3.05) is 6.54 Å². The third kappa shape index (κ3) is 4.18. The first-order valence-electron chi connectivity index (χ1n) is 6.63. The van der Waals surface area contributed by atoms with Crippen molar-refractivity contribution >= 4 is 22.4 Å². The predicted octanol–water partition coefficient (Wildman–Crippen LogP) is 0.946. The average molecular weight is 323 g/mol. The molecule has 1 aromatic rings. The first-order chi connectivity index (χ1) is 8.88. The number of hydrogen-bond acceptors (Lipinski definition) is 4. The van der Waals surface area contributed by atoms with Gasteiger partial charge in [0.25, 0.3) is 10.0 Å². The molecule has 0 aromatic carbocycles. The number of nitrogens with zero attached hydrogens (tertiary/aromatic N) is 2. The number of nitrogens with one attached hydrogen (secondary N) is 1. The van der Waals surface area contributed by atoms with E-state index in [1.807, 2.05) is 0 Å². The van der Waals surface area contributed by atoms with E-state index in [9.17, 15) is 8.42 Å². The SMILES string of the molecule is Cc1nc(S(=O)(=O)NCC2CCCC(N)C2)cn1C.Cl. The smallest absolute Gasteiger partial charge is 0.259 e. The monoisotopic (exact) mass is 322 g/mol. The topological polar surface area (TPSA) is 90.0 Å². The van der Waals surface area contributed by atoms with E-state index in [-0.39, 0.29) is 23.5 Å². The summed E-state index contributed by atoms with van der Waals surface area (Å²) in [5.74, 6) is 1.02. The van der Waals surface area contributed by atoms with Gasteiger partial charge in [-0.15, -0.1) is 12.4 Å². The van der Waals surface area contributed by atoms with Crippen LogP contribution in [0.5, 0.6) is 0 Å². The minimum atomic E-state index is -3.50. The van der Waals surface area contributed by atoms with Crippen molar-refractivity contribution in [2.24, 2.45) is 18.7 Å². The lowest BCUT2D eigenvalue weighted by atomic mass is 9.86. The van der Waals surface area contributed by atoms with Crippen molar-refractivity contribution in [2.45, 2.75) is 43.7 Å². The molecule has 0 saturated heterocycles. The molecule has 0 spiro atoms. The maximum Gasteiger partial charge on any atom is 0.259 e. The number of nitrogens with two attached hydrogens (primary N) is 1. The molecule has 0 amide bonds. The molecule has 0 bridgehead atoms. The van der Waals surface area contributed by atoms with E-state index in [4.69, 9.17) is 5.73 Å². The van der Waals surface area contributed by atoms with Crippen LogP contribution in [0, 0.1) is 12.8 Å². The Bertz CT molecular complexity index is 524. The molecule has 0 radical (unpaired) electrons. The number of imidazole rings is 1. The van der Waals surface area contributed by atoms with Crippen LogP contribution in [0.3, 0.4) is 0 Å². The maximum absolute atomic E-state index is 12.1. The number of rotatable bonds is 4. The van der Waals surface area contributed by atoms with Gasteiger partial charge in [0, 0.05) is 25.8 Å². The summed E-state index contributed by atoms with van der Waals surface area (Å²) in [7, 11) is -1.72. The first-order valence-corrected chi connectivity index (χ1v) is 8.12. The molecular formula is C12H23ClN4O2S. The van der Waals surface area contributed by atoms with E-state index in [1.165, 1.54) is 6.20 Å². The van der Waals surface area contributed by atoms with Gasteiger partial charge in [-0.1, -0.05) is 6.42 Å². The van der Waals surface area contributed by atoms with Gasteiger partial charge in [0.2, 0.25) is 0 Å². The lowest BCUT2D eigenvalue weighted by molar-refractivity contribution is 0.322. The zero-order valence-electron chi connectivity index (χ0n) is 11.9. The fraction of sp³-hybridized carbons (Fsp3) is 0.750. The van der Waals surface area contributed by atoms with E-state index in [2.05, 4.69) is 9.71 Å². The molecule has 8 heteroatoms. The number of aryl methyl sites for hydroxylation is 2. The average Bonchev–Trinajstić information content (AvgIpc) is 2.68. The standard InChI is InChI=1S/C12H22N4O2S.ClH/c1-9-15-12(8-16(9)2)19(17,18)14-7-10-4-3-5-11(13)6-10;/h8,10-11,14H,3-7,13H2,1-2H3;1H. The van der Waals surface area contributed by atoms with Crippen molar-refractivity contribution in [1.29, 1.82) is 0 Å². The Hall–Kier alpha value is -0.630. The largest absolute Gasteiger partial charge is 0.337 e. The molecule has 1 aliphatic carbocycles. The minimum absolute atomic E-state index is 0. The quantitative estimate of drug-likeness (QED) is 0.863. The van der Waals surface area contributed by atoms with Gasteiger partial charge in [0.15, 0.2) is 5.03 Å². The molecule has 116 valence electrons. The molecule has 6 nitrogen and oxygen atoms in total. The molecule has 2 rings (SSSR count). The Balaban J connectivity index is 0.00000200. The van der Waals surface area contributed by atoms with Gasteiger partial charge in [-0.05, 0) is 32.1 Å². The fourth-order valence-corrected chi connectivity index (χ4v) is 3.63. The van der Waals surface area contributed by atoms with Crippen LogP contribution in [0.1, 0.15) is 31.5 Å². The highest BCUT2D eigenvalue weighted by atomic mass is 35.5. The summed E-state index contributed by atoms with van der Waals surface area (Å²) in [5.41, 5.74) is 5.91. The van der Waals surface area contributed by atoms with Crippen LogP contribution >= 0.6 is 12.4 Å². The van der Waals surface area contributed by atoms with Crippen LogP contribution in [-0.4, -0.2) is 30.6 Å². The van der Waals surface area contributed by atoms with Gasteiger partial charge < -0.3 is 10.3 Å². The minimum Gasteiger partial charge on any atom is -0.337 e. The third-order valence-electron chi connectivity index (χ3n) is 3.75. The van der Waals surface area contributed by atoms with Crippen molar-refractivity contribution in [3.05, 3.63) is 12.0 Å². The Morgan fingerprint density at radius 3 is 2.75 bits per heavy atom. The normalized spacial score (nSPS) is 23.4. The van der Waals surface area contributed by atoms with Gasteiger partial charge >= 0.3 is 0 Å². The van der Waals surface area contributed by atoms with Crippen LogP contribution in [0.15, 0.2) is 11.2 Å². The summed E-state index contributed by atoms with van der Waals surface area (Å²) in [6.07, 6.45) is 5.59. The first kappa shape index (κ1) is 17.4. The summed E-state index contributed by atoms with van der Waals surface area (Å²) in [6.45, 7) is 2.23. The molecule has 0 aliphatic heterocycles. The molecule has 1 fully saturated rings. The van der Waals surface area contributed by atoms with Crippen LogP contribution in [0.4, 0.5) is 0 Å². The zero-order chi connectivity index (χ0) is 14.0. The summed E-state index contributed by atoms with van der Waals surface area (Å²) >= 11 is 0. The number of sulfonamides is 1. The molecule has 20 heavy (non-hydrogen) atoms. The molecule has 3 N–H and O–H groups in total. The Morgan fingerprint density at radius 1 is 1.50 bits per heavy atom. The van der Waals surface area contributed by atoms with E-state index < -0.39 is 10.0 Å². The second-order valence-electron chi connectivity index (χ2n) is 5.38. The molecule has 1 aromatic heterocycles. The van der Waals surface area contributed by atoms with E-state index in [1.54, 1.807) is 18.5 Å². The molecule has 2 atom stereocenters. The lowest BCUT2D eigenvalue weighted by Gasteiger charge is -2.26. The number of hydrogen-bond donors (Lipinski definition) is 2. The van der Waals surface area contributed by atoms with Gasteiger partial charge in [-0.25, -0.2) is 18.1 Å². The predicted molar refractivity (Wildman–Crippen MR) is 80.3 cm³/mol. The summed E-state index contributed by atoms with van der Waals surface area (Å²) in [5, 5.41) is 0.0904. The second-order valence-corrected chi connectivity index (χ2v) is 7.10. The Labute approximate surface area is 126 Å². The highest BCUT2D eigenvalue weighted by molar-refractivity contribution is 7.89. The van der Waals surface area contributed by atoms with Gasteiger partial charge in [-0.2, -0.15) is 0 Å². The third-order valence-corrected chi connectivity index (χ3v) is 5.04. The molecule has 1 aliphatic rings. The number of aromatic nitrogens is 2. The number of halogens is 1. The summed E-state index contributed by atoms with van der Waals surface area (Å²) < 4.78 is 28.6. The summed E-state index contributed by atoms with van der Waals surface area (Å²) in [6, 6.07) is 0.209. The van der Waals surface area contributed by atoms with Crippen LogP contribution in [-0.2, 0) is 17.1 Å². The Kier molecular flexibility index (Phi) is 6.00. The van der Waals surface area contributed by atoms with Crippen LogP contribution in [0.25, 0.3) is 0 Å². The van der Waals surface area contributed by atoms with Crippen molar-refractivity contribution in [3.63, 3.8) is 0 Å². The van der Waals surface area contributed by atoms with Crippen molar-refractivity contribution < 1.29 is 8.42 Å². The van der Waals surface area contributed by atoms with Crippen molar-refractivity contribution in [1.82, 2.24) is 14.3 Å². The van der Waals surface area contributed by atoms with Gasteiger partial charge in [-0.3, -0.25) is 0 Å². The zero-order valence-corrected chi connectivity index (χ0v) is 13.5. The fourth-order valence-electron chi connectivity index (χ4n) is 2.48. The highest BCUT2D eigenvalue weighted by Gasteiger charge is 2.23. The maximum atomic E-state index is 12.1. The van der Waals surface area contributed by atoms with Gasteiger partial charge in [0.1, 0.15) is 5.82 Å². The molecule has 1 saturated carbocycles. The lowest BCUT2D eigenvalue weighted by Crippen LogP contribution is -2.35. The van der Waals surface area contributed by atoms with E-state index in [0.29, 0.717) is 18.3 Å². The van der Waals surface area contributed by atoms with Crippen LogP contribution in [0.2, 0.25) is 0 Å². The Morgan fingerprint density at radius 2 is 2.20 bits per heavy atom. The van der Waals surface area contributed by atoms with Crippen molar-refractivity contribution in [3.8, 4) is 0 Å². The van der Waals surface area contributed by atoms with E-state index >= 15 is 0 Å². The molecule has 2 unspecified atom stereocenters. The van der Waals surface area contributed by atoms with Crippen LogP contribution < -0.4 is 10.5 Å². The molecular weight excluding hydrogens is 300 g/mol. The van der Waals surface area contributed by atoms with Gasteiger partial charge in [0.05, 0.1) is 0 Å². The van der Waals surface area contributed by atoms with E-state index in [0.717, 1.165) is 25.7 Å². The second kappa shape index (κ2) is 6.89. The highest BCUT2D eigenvalue weighted by Crippen LogP contribution is 2.22.